The van der Waals surface area contributed by atoms with Crippen LogP contribution in [0.15, 0.2) is 4.99 Å². The molecule has 4 nitrogen and oxygen atoms in total. The fourth-order valence-electron chi connectivity index (χ4n) is 2.83. The number of nitrogens with two attached hydrogens (primary N) is 1. The smallest absolute Gasteiger partial charge is 0.346 e. The van der Waals surface area contributed by atoms with Crippen molar-refractivity contribution in [1.82, 2.24) is 4.90 Å². The van der Waals surface area contributed by atoms with Crippen LogP contribution in [-0.4, -0.2) is 28.9 Å². The highest BCUT2D eigenvalue weighted by molar-refractivity contribution is 6.06. The summed E-state index contributed by atoms with van der Waals surface area (Å²) in [6.07, 6.45) is 2.94. The summed E-state index contributed by atoms with van der Waals surface area (Å²) in [7, 11) is 0. The van der Waals surface area contributed by atoms with Crippen LogP contribution in [0, 0.1) is 11.8 Å². The quantitative estimate of drug-likeness (QED) is 0.795. The minimum atomic E-state index is -0.220. The maximum absolute atomic E-state index is 11.7. The molecule has 1 aliphatic carbocycles. The van der Waals surface area contributed by atoms with Crippen LogP contribution in [0.2, 0.25) is 0 Å². The first-order valence-corrected chi connectivity index (χ1v) is 6.17. The molecule has 1 spiro atoms. The third kappa shape index (κ3) is 1.43. The molecule has 16 heavy (non-hydrogen) atoms. The van der Waals surface area contributed by atoms with Gasteiger partial charge < -0.3 is 10.6 Å². The summed E-state index contributed by atoms with van der Waals surface area (Å²) >= 11 is 0. The first kappa shape index (κ1) is 11.4. The molecule has 1 fully saturated rings. The molecule has 2 rings (SSSR count). The molecule has 90 valence electrons. The summed E-state index contributed by atoms with van der Waals surface area (Å²) in [5, 5.41) is 0. The number of nitrogens with zero attached hydrogens (tertiary/aromatic N) is 2. The lowest BCUT2D eigenvalue weighted by molar-refractivity contribution is 0.0453. The van der Waals surface area contributed by atoms with Gasteiger partial charge in [-0.05, 0) is 31.1 Å². The Morgan fingerprint density at radius 3 is 2.69 bits per heavy atom. The molecule has 1 heterocycles. The van der Waals surface area contributed by atoms with Gasteiger partial charge in [0.15, 0.2) is 0 Å². The second-order valence-corrected chi connectivity index (χ2v) is 5.38. The topological polar surface area (TPSA) is 58.7 Å². The zero-order valence-corrected chi connectivity index (χ0v) is 10.4. The van der Waals surface area contributed by atoms with Gasteiger partial charge >= 0.3 is 6.03 Å². The van der Waals surface area contributed by atoms with Crippen molar-refractivity contribution in [3.63, 3.8) is 0 Å². The lowest BCUT2D eigenvalue weighted by Crippen LogP contribution is -2.62. The van der Waals surface area contributed by atoms with E-state index in [1.165, 1.54) is 0 Å². The number of rotatable bonds is 3. The number of hydrogen-bond acceptors (Lipinski definition) is 2. The van der Waals surface area contributed by atoms with Crippen LogP contribution in [0.3, 0.4) is 0 Å². The molecule has 0 aromatic heterocycles. The average molecular weight is 223 g/mol. The van der Waals surface area contributed by atoms with Crippen molar-refractivity contribution in [2.75, 3.05) is 6.54 Å². The van der Waals surface area contributed by atoms with Crippen molar-refractivity contribution in [3.8, 4) is 0 Å². The van der Waals surface area contributed by atoms with E-state index < -0.39 is 0 Å². The van der Waals surface area contributed by atoms with Gasteiger partial charge in [-0.3, -0.25) is 0 Å². The molecule has 0 saturated heterocycles. The summed E-state index contributed by atoms with van der Waals surface area (Å²) in [6, 6.07) is -0.137. The molecular formula is C12H21N3O. The van der Waals surface area contributed by atoms with E-state index in [4.69, 9.17) is 5.73 Å². The monoisotopic (exact) mass is 223 g/mol. The Hall–Kier alpha value is -1.06. The van der Waals surface area contributed by atoms with E-state index in [9.17, 15) is 4.79 Å². The number of hydrogen-bond donors (Lipinski definition) is 1. The summed E-state index contributed by atoms with van der Waals surface area (Å²) in [5.41, 5.74) is 5.72. The Labute approximate surface area is 96.9 Å². The number of carbonyl (C=O) groups excluding carboxylic acids is 1. The maximum atomic E-state index is 11.7. The second kappa shape index (κ2) is 3.75. The normalized spacial score (nSPS) is 33.5. The molecule has 0 bridgehead atoms. The van der Waals surface area contributed by atoms with Crippen LogP contribution in [0.5, 0.6) is 0 Å². The summed E-state index contributed by atoms with van der Waals surface area (Å²) in [5.74, 6) is 1.89. The number of amidine groups is 1. The van der Waals surface area contributed by atoms with Gasteiger partial charge in [-0.25, -0.2) is 4.79 Å². The summed E-state index contributed by atoms with van der Waals surface area (Å²) in [4.78, 5) is 17.5. The SMILES string of the molecule is CCCN1C(=O)N=C(N)C12CC(C(C)C)C2. The molecule has 4 heteroatoms. The van der Waals surface area contributed by atoms with Crippen molar-refractivity contribution < 1.29 is 4.79 Å². The fraction of sp³-hybridized carbons (Fsp3) is 0.833. The van der Waals surface area contributed by atoms with Gasteiger partial charge in [0, 0.05) is 6.54 Å². The van der Waals surface area contributed by atoms with Crippen molar-refractivity contribution in [2.24, 2.45) is 22.6 Å². The molecular weight excluding hydrogens is 202 g/mol. The van der Waals surface area contributed by atoms with E-state index in [0.717, 1.165) is 25.8 Å². The first-order valence-electron chi connectivity index (χ1n) is 6.17. The summed E-state index contributed by atoms with van der Waals surface area (Å²) in [6.45, 7) is 7.31. The van der Waals surface area contributed by atoms with E-state index in [0.29, 0.717) is 17.7 Å². The highest BCUT2D eigenvalue weighted by Gasteiger charge is 2.56. The van der Waals surface area contributed by atoms with Gasteiger partial charge in [0.25, 0.3) is 0 Å². The molecule has 0 aromatic rings. The van der Waals surface area contributed by atoms with Gasteiger partial charge in [0.2, 0.25) is 0 Å². The molecule has 2 N–H and O–H groups in total. The highest BCUT2D eigenvalue weighted by Crippen LogP contribution is 2.48. The van der Waals surface area contributed by atoms with Crippen LogP contribution in [-0.2, 0) is 0 Å². The highest BCUT2D eigenvalue weighted by atomic mass is 16.2. The average Bonchev–Trinajstić information content (AvgIpc) is 2.36. The fourth-order valence-corrected chi connectivity index (χ4v) is 2.83. The van der Waals surface area contributed by atoms with Crippen LogP contribution < -0.4 is 5.73 Å². The van der Waals surface area contributed by atoms with Crippen molar-refractivity contribution in [2.45, 2.75) is 45.6 Å². The van der Waals surface area contributed by atoms with Crippen LogP contribution in [0.4, 0.5) is 4.79 Å². The van der Waals surface area contributed by atoms with Gasteiger partial charge in [-0.2, -0.15) is 4.99 Å². The Morgan fingerprint density at radius 1 is 1.56 bits per heavy atom. The predicted molar refractivity (Wildman–Crippen MR) is 64.3 cm³/mol. The molecule has 0 atom stereocenters. The van der Waals surface area contributed by atoms with E-state index in [2.05, 4.69) is 25.8 Å². The first-order chi connectivity index (χ1) is 7.51. The second-order valence-electron chi connectivity index (χ2n) is 5.38. The molecule has 0 radical (unpaired) electrons. The van der Waals surface area contributed by atoms with Gasteiger partial charge in [0.1, 0.15) is 11.4 Å². The van der Waals surface area contributed by atoms with Crippen LogP contribution in [0.1, 0.15) is 40.0 Å². The molecule has 0 aromatic carbocycles. The Morgan fingerprint density at radius 2 is 2.19 bits per heavy atom. The number of urea groups is 1. The lowest BCUT2D eigenvalue weighted by Gasteiger charge is -2.51. The van der Waals surface area contributed by atoms with Gasteiger partial charge in [0.05, 0.1) is 0 Å². The maximum Gasteiger partial charge on any atom is 0.346 e. The third-order valence-electron chi connectivity index (χ3n) is 4.03. The van der Waals surface area contributed by atoms with Crippen molar-refractivity contribution in [1.29, 1.82) is 0 Å². The van der Waals surface area contributed by atoms with Crippen LogP contribution in [0.25, 0.3) is 0 Å². The van der Waals surface area contributed by atoms with E-state index >= 15 is 0 Å². The largest absolute Gasteiger partial charge is 0.385 e. The van der Waals surface area contributed by atoms with E-state index in [-0.39, 0.29) is 11.6 Å². The standard InChI is InChI=1S/C12H21N3O/c1-4-5-15-11(16)14-10(13)12(15)6-9(7-12)8(2)3/h8-9H,4-7H2,1-3H3,(H2,13,14,16). The molecule has 0 unspecified atom stereocenters. The van der Waals surface area contributed by atoms with E-state index in [1.54, 1.807) is 0 Å². The van der Waals surface area contributed by atoms with Gasteiger partial charge in [-0.1, -0.05) is 20.8 Å². The van der Waals surface area contributed by atoms with Gasteiger partial charge in [-0.15, -0.1) is 0 Å². The van der Waals surface area contributed by atoms with E-state index in [1.807, 2.05) is 4.90 Å². The van der Waals surface area contributed by atoms with Crippen LogP contribution >= 0.6 is 0 Å². The number of amides is 2. The molecule has 2 aliphatic rings. The summed E-state index contributed by atoms with van der Waals surface area (Å²) < 4.78 is 0. The Kier molecular flexibility index (Phi) is 2.68. The molecule has 1 aliphatic heterocycles. The van der Waals surface area contributed by atoms with Crippen molar-refractivity contribution >= 4 is 11.9 Å². The number of carbonyl (C=O) groups is 1. The molecule has 2 amide bonds. The Bertz CT molecular complexity index is 329. The minimum absolute atomic E-state index is 0.137. The predicted octanol–water partition coefficient (Wildman–Crippen LogP) is 1.99. The van der Waals surface area contributed by atoms with Crippen molar-refractivity contribution in [3.05, 3.63) is 0 Å². The lowest BCUT2D eigenvalue weighted by atomic mass is 9.63. The molecule has 1 saturated carbocycles. The third-order valence-corrected chi connectivity index (χ3v) is 4.03. The minimum Gasteiger partial charge on any atom is -0.385 e. The number of aliphatic imine (C=N–C) groups is 1. The zero-order chi connectivity index (χ0) is 11.9. The zero-order valence-electron chi connectivity index (χ0n) is 10.4. The Balaban J connectivity index is 2.14.